The first-order valence-corrected chi connectivity index (χ1v) is 7.27. The van der Waals surface area contributed by atoms with Gasteiger partial charge in [0.05, 0.1) is 6.61 Å². The lowest BCUT2D eigenvalue weighted by atomic mass is 9.89. The van der Waals surface area contributed by atoms with Crippen molar-refractivity contribution in [1.29, 1.82) is 0 Å². The maximum atomic E-state index is 6.00. The molecule has 0 amide bonds. The molecule has 0 fully saturated rings. The molecule has 2 nitrogen and oxygen atoms in total. The lowest BCUT2D eigenvalue weighted by Crippen LogP contribution is -2.23. The summed E-state index contributed by atoms with van der Waals surface area (Å²) in [7, 11) is 2.01. The minimum atomic E-state index is 0.550. The summed E-state index contributed by atoms with van der Waals surface area (Å²) in [4.78, 5) is 0. The van der Waals surface area contributed by atoms with Crippen LogP contribution < -0.4 is 10.1 Å². The summed E-state index contributed by atoms with van der Waals surface area (Å²) in [5, 5.41) is 3.29. The fourth-order valence-corrected chi connectivity index (χ4v) is 2.99. The predicted octanol–water partition coefficient (Wildman–Crippen LogP) is 3.75. The normalized spacial score (nSPS) is 17.4. The monoisotopic (exact) mass is 267 g/mol. The second-order valence-corrected chi connectivity index (χ2v) is 5.49. The van der Waals surface area contributed by atoms with E-state index in [4.69, 9.17) is 4.74 Å². The topological polar surface area (TPSA) is 21.3 Å². The Kier molecular flexibility index (Phi) is 3.75. The van der Waals surface area contributed by atoms with Crippen molar-refractivity contribution in [3.05, 3.63) is 53.6 Å². The van der Waals surface area contributed by atoms with E-state index >= 15 is 0 Å². The SMILES string of the molecule is CNC[C@H]1CCOc2c(-c3cccc(C)c3)cccc21. The molecule has 1 atom stereocenters. The number of para-hydroxylation sites is 1. The minimum absolute atomic E-state index is 0.550. The third-order valence-corrected chi connectivity index (χ3v) is 3.98. The molecule has 0 saturated carbocycles. The molecule has 0 aromatic heterocycles. The molecular formula is C18H21NO. The molecule has 1 aliphatic heterocycles. The van der Waals surface area contributed by atoms with Gasteiger partial charge in [0.1, 0.15) is 5.75 Å². The molecule has 0 bridgehead atoms. The second-order valence-electron chi connectivity index (χ2n) is 5.49. The van der Waals surface area contributed by atoms with Gasteiger partial charge in [-0.1, -0.05) is 48.0 Å². The van der Waals surface area contributed by atoms with Crippen molar-refractivity contribution in [3.8, 4) is 16.9 Å². The maximum Gasteiger partial charge on any atom is 0.130 e. The van der Waals surface area contributed by atoms with Crippen LogP contribution in [0.25, 0.3) is 11.1 Å². The highest BCUT2D eigenvalue weighted by molar-refractivity contribution is 5.73. The van der Waals surface area contributed by atoms with E-state index in [1.165, 1.54) is 22.3 Å². The lowest BCUT2D eigenvalue weighted by molar-refractivity contribution is 0.267. The lowest BCUT2D eigenvalue weighted by Gasteiger charge is -2.27. The Balaban J connectivity index is 2.07. The molecule has 2 heteroatoms. The summed E-state index contributed by atoms with van der Waals surface area (Å²) < 4.78 is 6.00. The second kappa shape index (κ2) is 5.68. The number of hydrogen-bond acceptors (Lipinski definition) is 2. The number of aryl methyl sites for hydroxylation is 1. The Morgan fingerprint density at radius 3 is 2.85 bits per heavy atom. The first kappa shape index (κ1) is 13.2. The molecule has 1 N–H and O–H groups in total. The zero-order chi connectivity index (χ0) is 13.9. The van der Waals surface area contributed by atoms with Gasteiger partial charge in [0, 0.05) is 18.0 Å². The predicted molar refractivity (Wildman–Crippen MR) is 83.4 cm³/mol. The fourth-order valence-electron chi connectivity index (χ4n) is 2.99. The molecule has 1 heterocycles. The van der Waals surface area contributed by atoms with Gasteiger partial charge in [0.25, 0.3) is 0 Å². The van der Waals surface area contributed by atoms with E-state index in [0.29, 0.717) is 5.92 Å². The maximum absolute atomic E-state index is 6.00. The van der Waals surface area contributed by atoms with Crippen LogP contribution in [0.5, 0.6) is 5.75 Å². The first-order valence-electron chi connectivity index (χ1n) is 7.27. The number of rotatable bonds is 3. The van der Waals surface area contributed by atoms with Crippen molar-refractivity contribution in [3.63, 3.8) is 0 Å². The van der Waals surface area contributed by atoms with Crippen LogP contribution in [0.4, 0.5) is 0 Å². The average molecular weight is 267 g/mol. The van der Waals surface area contributed by atoms with Crippen LogP contribution in [0.3, 0.4) is 0 Å². The zero-order valence-electron chi connectivity index (χ0n) is 12.1. The third kappa shape index (κ3) is 2.44. The number of nitrogens with one attached hydrogen (secondary N) is 1. The highest BCUT2D eigenvalue weighted by Crippen LogP contribution is 2.40. The molecule has 3 rings (SSSR count). The van der Waals surface area contributed by atoms with Gasteiger partial charge in [-0.05, 0) is 31.5 Å². The van der Waals surface area contributed by atoms with Gasteiger partial charge >= 0.3 is 0 Å². The Morgan fingerprint density at radius 2 is 2.05 bits per heavy atom. The fraction of sp³-hybridized carbons (Fsp3) is 0.333. The minimum Gasteiger partial charge on any atom is -0.493 e. The van der Waals surface area contributed by atoms with Crippen LogP contribution in [0.1, 0.15) is 23.5 Å². The third-order valence-electron chi connectivity index (χ3n) is 3.98. The van der Waals surface area contributed by atoms with Gasteiger partial charge in [0.15, 0.2) is 0 Å². The molecule has 0 spiro atoms. The van der Waals surface area contributed by atoms with Crippen molar-refractivity contribution >= 4 is 0 Å². The molecule has 0 unspecified atom stereocenters. The zero-order valence-corrected chi connectivity index (χ0v) is 12.1. The van der Waals surface area contributed by atoms with Gasteiger partial charge in [-0.3, -0.25) is 0 Å². The van der Waals surface area contributed by atoms with E-state index in [9.17, 15) is 0 Å². The average Bonchev–Trinajstić information content (AvgIpc) is 2.47. The van der Waals surface area contributed by atoms with E-state index in [2.05, 4.69) is 54.7 Å². The first-order chi connectivity index (χ1) is 9.79. The van der Waals surface area contributed by atoms with E-state index in [1.54, 1.807) is 0 Å². The van der Waals surface area contributed by atoms with E-state index in [-0.39, 0.29) is 0 Å². The van der Waals surface area contributed by atoms with E-state index < -0.39 is 0 Å². The molecule has 2 aromatic carbocycles. The summed E-state index contributed by atoms with van der Waals surface area (Å²) in [5.74, 6) is 1.62. The van der Waals surface area contributed by atoms with Gasteiger partial charge in [-0.15, -0.1) is 0 Å². The van der Waals surface area contributed by atoms with Crippen molar-refractivity contribution in [2.45, 2.75) is 19.3 Å². The summed E-state index contributed by atoms with van der Waals surface area (Å²) in [6, 6.07) is 15.1. The summed E-state index contributed by atoms with van der Waals surface area (Å²) in [5.41, 5.74) is 5.08. The van der Waals surface area contributed by atoms with E-state index in [1.807, 2.05) is 7.05 Å². The Hall–Kier alpha value is -1.80. The van der Waals surface area contributed by atoms with Crippen molar-refractivity contribution in [2.75, 3.05) is 20.2 Å². The van der Waals surface area contributed by atoms with Crippen LogP contribution >= 0.6 is 0 Å². The quantitative estimate of drug-likeness (QED) is 0.914. The summed E-state index contributed by atoms with van der Waals surface area (Å²) >= 11 is 0. The molecule has 1 aliphatic rings. The van der Waals surface area contributed by atoms with Gasteiger partial charge < -0.3 is 10.1 Å². The van der Waals surface area contributed by atoms with Crippen LogP contribution in [-0.2, 0) is 0 Å². The number of hydrogen-bond donors (Lipinski definition) is 1. The summed E-state index contributed by atoms with van der Waals surface area (Å²) in [6.45, 7) is 3.94. The highest BCUT2D eigenvalue weighted by atomic mass is 16.5. The van der Waals surface area contributed by atoms with Gasteiger partial charge in [0.2, 0.25) is 0 Å². The Bertz CT molecular complexity index is 606. The largest absolute Gasteiger partial charge is 0.493 e. The molecule has 0 saturated heterocycles. The van der Waals surface area contributed by atoms with Gasteiger partial charge in [-0.2, -0.15) is 0 Å². The van der Waals surface area contributed by atoms with Crippen molar-refractivity contribution in [2.24, 2.45) is 0 Å². The molecule has 104 valence electrons. The molecule has 0 aliphatic carbocycles. The Morgan fingerprint density at radius 1 is 1.20 bits per heavy atom. The van der Waals surface area contributed by atoms with Crippen LogP contribution in [0, 0.1) is 6.92 Å². The number of fused-ring (bicyclic) bond motifs is 1. The van der Waals surface area contributed by atoms with Crippen molar-refractivity contribution < 1.29 is 4.74 Å². The van der Waals surface area contributed by atoms with Crippen molar-refractivity contribution in [1.82, 2.24) is 5.32 Å². The van der Waals surface area contributed by atoms with E-state index in [0.717, 1.165) is 25.3 Å². The number of benzene rings is 2. The van der Waals surface area contributed by atoms with Gasteiger partial charge in [-0.25, -0.2) is 0 Å². The van der Waals surface area contributed by atoms with Crippen LogP contribution in [0.2, 0.25) is 0 Å². The Labute approximate surface area is 120 Å². The standard InChI is InChI=1S/C18H21NO/c1-13-5-3-6-14(11-13)16-7-4-8-17-15(12-19-2)9-10-20-18(16)17/h3-8,11,15,19H,9-10,12H2,1-2H3/t15-/m1/s1. The number of ether oxygens (including phenoxy) is 1. The molecule has 20 heavy (non-hydrogen) atoms. The summed E-state index contributed by atoms with van der Waals surface area (Å²) in [6.07, 6.45) is 1.09. The molecular weight excluding hydrogens is 246 g/mol. The molecule has 2 aromatic rings. The van der Waals surface area contributed by atoms with Crippen LogP contribution in [0.15, 0.2) is 42.5 Å². The molecule has 0 radical (unpaired) electrons. The van der Waals surface area contributed by atoms with Crippen LogP contribution in [-0.4, -0.2) is 20.2 Å². The number of likely N-dealkylation sites (N-methyl/N-ethyl adjacent to an activating group) is 1. The highest BCUT2D eigenvalue weighted by Gasteiger charge is 2.23. The smallest absolute Gasteiger partial charge is 0.130 e.